The molecular formula is C14H26N4S. The van der Waals surface area contributed by atoms with Crippen LogP contribution in [0.25, 0.3) is 0 Å². The third-order valence-electron chi connectivity index (χ3n) is 3.59. The predicted octanol–water partition coefficient (Wildman–Crippen LogP) is 2.66. The molecule has 0 bridgehead atoms. The van der Waals surface area contributed by atoms with Gasteiger partial charge in [0.2, 0.25) is 5.13 Å². The second kappa shape index (κ2) is 6.18. The van der Waals surface area contributed by atoms with Crippen LogP contribution >= 0.6 is 11.5 Å². The Morgan fingerprint density at radius 2 is 1.84 bits per heavy atom. The van der Waals surface area contributed by atoms with E-state index in [1.54, 1.807) is 11.5 Å². The van der Waals surface area contributed by atoms with Gasteiger partial charge in [0.05, 0.1) is 0 Å². The first-order valence-corrected chi connectivity index (χ1v) is 8.05. The number of hydrogen-bond acceptors (Lipinski definition) is 5. The van der Waals surface area contributed by atoms with Crippen molar-refractivity contribution in [3.05, 3.63) is 5.82 Å². The number of aryl methyl sites for hydroxylation is 1. The summed E-state index contributed by atoms with van der Waals surface area (Å²) in [4.78, 5) is 9.53. The molecule has 1 aliphatic rings. The Morgan fingerprint density at radius 3 is 2.37 bits per heavy atom. The van der Waals surface area contributed by atoms with Crippen molar-refractivity contribution >= 4 is 16.7 Å². The number of rotatable bonds is 4. The zero-order valence-corrected chi connectivity index (χ0v) is 13.5. The summed E-state index contributed by atoms with van der Waals surface area (Å²) in [6.07, 6.45) is 2.20. The Morgan fingerprint density at radius 1 is 1.16 bits per heavy atom. The number of piperazine rings is 1. The van der Waals surface area contributed by atoms with Gasteiger partial charge in [0.1, 0.15) is 5.82 Å². The van der Waals surface area contributed by atoms with E-state index < -0.39 is 0 Å². The molecule has 1 aromatic rings. The van der Waals surface area contributed by atoms with E-state index in [2.05, 4.69) is 46.9 Å². The van der Waals surface area contributed by atoms with E-state index in [9.17, 15) is 0 Å². The Hall–Kier alpha value is -0.680. The summed E-state index contributed by atoms with van der Waals surface area (Å²) in [5.74, 6) is 0.982. The minimum Gasteiger partial charge on any atom is -0.344 e. The first-order valence-electron chi connectivity index (χ1n) is 7.28. The fourth-order valence-electron chi connectivity index (χ4n) is 2.17. The summed E-state index contributed by atoms with van der Waals surface area (Å²) in [5, 5.41) is 1.10. The molecule has 2 heterocycles. The van der Waals surface area contributed by atoms with Crippen molar-refractivity contribution in [1.82, 2.24) is 14.3 Å². The van der Waals surface area contributed by atoms with Gasteiger partial charge >= 0.3 is 0 Å². The van der Waals surface area contributed by atoms with Crippen molar-refractivity contribution in [1.29, 1.82) is 0 Å². The molecule has 0 N–H and O–H groups in total. The monoisotopic (exact) mass is 282 g/mol. The maximum absolute atomic E-state index is 4.58. The normalized spacial score (nSPS) is 18.0. The van der Waals surface area contributed by atoms with E-state index in [4.69, 9.17) is 0 Å². The number of hydrogen-bond donors (Lipinski definition) is 0. The molecular weight excluding hydrogens is 256 g/mol. The highest BCUT2D eigenvalue weighted by molar-refractivity contribution is 7.09. The molecule has 108 valence electrons. The fourth-order valence-corrected chi connectivity index (χ4v) is 2.97. The van der Waals surface area contributed by atoms with Gasteiger partial charge in [-0.2, -0.15) is 4.37 Å². The van der Waals surface area contributed by atoms with Gasteiger partial charge in [0, 0.05) is 44.1 Å². The summed E-state index contributed by atoms with van der Waals surface area (Å²) in [7, 11) is 0. The first kappa shape index (κ1) is 14.7. The molecule has 2 rings (SSSR count). The van der Waals surface area contributed by atoms with Crippen LogP contribution < -0.4 is 4.90 Å². The predicted molar refractivity (Wildman–Crippen MR) is 82.0 cm³/mol. The standard InChI is InChI=1S/C14H26N4S/c1-5-12-15-13(19-16-12)18-10-8-17(9-11-18)7-6-14(2,3)4/h5-11H2,1-4H3. The number of anilines is 1. The average Bonchev–Trinajstić information content (AvgIpc) is 2.85. The van der Waals surface area contributed by atoms with Gasteiger partial charge < -0.3 is 4.90 Å². The molecule has 1 aromatic heterocycles. The third kappa shape index (κ3) is 4.42. The van der Waals surface area contributed by atoms with Crippen molar-refractivity contribution in [2.75, 3.05) is 37.6 Å². The lowest BCUT2D eigenvalue weighted by Gasteiger charge is -2.35. The summed E-state index contributed by atoms with van der Waals surface area (Å²) in [6.45, 7) is 14.7. The Bertz CT molecular complexity index is 388. The van der Waals surface area contributed by atoms with Crippen LogP contribution in [0.4, 0.5) is 5.13 Å². The van der Waals surface area contributed by atoms with Gasteiger partial charge in [-0.15, -0.1) is 0 Å². The smallest absolute Gasteiger partial charge is 0.205 e. The molecule has 0 aliphatic carbocycles. The topological polar surface area (TPSA) is 32.3 Å². The molecule has 5 heteroatoms. The molecule has 0 saturated carbocycles. The highest BCUT2D eigenvalue weighted by Gasteiger charge is 2.21. The van der Waals surface area contributed by atoms with E-state index in [1.165, 1.54) is 13.0 Å². The van der Waals surface area contributed by atoms with Crippen molar-refractivity contribution in [3.8, 4) is 0 Å². The van der Waals surface area contributed by atoms with Gasteiger partial charge in [-0.25, -0.2) is 4.98 Å². The minimum atomic E-state index is 0.437. The van der Waals surface area contributed by atoms with Gasteiger partial charge in [0.25, 0.3) is 0 Å². The Kier molecular flexibility index (Phi) is 4.79. The summed E-state index contributed by atoms with van der Waals surface area (Å²) in [5.41, 5.74) is 0.437. The molecule has 1 saturated heterocycles. The van der Waals surface area contributed by atoms with E-state index in [0.29, 0.717) is 5.41 Å². The largest absolute Gasteiger partial charge is 0.344 e. The molecule has 4 nitrogen and oxygen atoms in total. The fraction of sp³-hybridized carbons (Fsp3) is 0.857. The summed E-state index contributed by atoms with van der Waals surface area (Å²) < 4.78 is 4.37. The third-order valence-corrected chi connectivity index (χ3v) is 4.41. The molecule has 1 fully saturated rings. The maximum Gasteiger partial charge on any atom is 0.205 e. The Labute approximate surface area is 121 Å². The lowest BCUT2D eigenvalue weighted by Crippen LogP contribution is -2.47. The van der Waals surface area contributed by atoms with Crippen LogP contribution in [0.3, 0.4) is 0 Å². The van der Waals surface area contributed by atoms with Crippen LogP contribution in [0.15, 0.2) is 0 Å². The van der Waals surface area contributed by atoms with Gasteiger partial charge in [0.15, 0.2) is 0 Å². The van der Waals surface area contributed by atoms with Crippen LogP contribution in [-0.4, -0.2) is 47.0 Å². The molecule has 19 heavy (non-hydrogen) atoms. The van der Waals surface area contributed by atoms with Gasteiger partial charge in [-0.05, 0) is 18.4 Å². The first-order chi connectivity index (χ1) is 8.98. The molecule has 1 aliphatic heterocycles. The molecule has 0 spiro atoms. The minimum absolute atomic E-state index is 0.437. The molecule has 0 atom stereocenters. The van der Waals surface area contributed by atoms with Crippen molar-refractivity contribution in [3.63, 3.8) is 0 Å². The van der Waals surface area contributed by atoms with Crippen molar-refractivity contribution < 1.29 is 0 Å². The lowest BCUT2D eigenvalue weighted by atomic mass is 9.92. The maximum atomic E-state index is 4.58. The van der Waals surface area contributed by atoms with Crippen LogP contribution in [0.2, 0.25) is 0 Å². The molecule has 0 aromatic carbocycles. The van der Waals surface area contributed by atoms with Gasteiger partial charge in [-0.1, -0.05) is 27.7 Å². The zero-order chi connectivity index (χ0) is 13.9. The lowest BCUT2D eigenvalue weighted by molar-refractivity contribution is 0.217. The van der Waals surface area contributed by atoms with E-state index >= 15 is 0 Å². The highest BCUT2D eigenvalue weighted by atomic mass is 32.1. The molecule has 0 radical (unpaired) electrons. The average molecular weight is 282 g/mol. The zero-order valence-electron chi connectivity index (χ0n) is 12.6. The van der Waals surface area contributed by atoms with E-state index in [-0.39, 0.29) is 0 Å². The van der Waals surface area contributed by atoms with Crippen LogP contribution in [-0.2, 0) is 6.42 Å². The van der Waals surface area contributed by atoms with Crippen LogP contribution in [0, 0.1) is 5.41 Å². The van der Waals surface area contributed by atoms with Crippen LogP contribution in [0.5, 0.6) is 0 Å². The van der Waals surface area contributed by atoms with Crippen molar-refractivity contribution in [2.24, 2.45) is 5.41 Å². The van der Waals surface area contributed by atoms with Crippen LogP contribution in [0.1, 0.15) is 39.9 Å². The van der Waals surface area contributed by atoms with E-state index in [1.807, 2.05) is 0 Å². The summed E-state index contributed by atoms with van der Waals surface area (Å²) >= 11 is 1.55. The highest BCUT2D eigenvalue weighted by Crippen LogP contribution is 2.21. The second-order valence-electron chi connectivity index (χ2n) is 6.49. The van der Waals surface area contributed by atoms with Crippen molar-refractivity contribution in [2.45, 2.75) is 40.5 Å². The SMILES string of the molecule is CCc1nsc(N2CCN(CCC(C)(C)C)CC2)n1. The molecule has 0 unspecified atom stereocenters. The Balaban J connectivity index is 1.79. The quantitative estimate of drug-likeness (QED) is 0.850. The van der Waals surface area contributed by atoms with E-state index in [0.717, 1.165) is 43.6 Å². The number of nitrogens with zero attached hydrogens (tertiary/aromatic N) is 4. The summed E-state index contributed by atoms with van der Waals surface area (Å²) in [6, 6.07) is 0. The number of aromatic nitrogens is 2. The van der Waals surface area contributed by atoms with Gasteiger partial charge in [-0.3, -0.25) is 4.90 Å². The molecule has 0 amide bonds. The second-order valence-corrected chi connectivity index (χ2v) is 7.22.